The van der Waals surface area contributed by atoms with E-state index in [1.54, 1.807) is 11.3 Å². The third kappa shape index (κ3) is 2.54. The first kappa shape index (κ1) is 13.0. The van der Waals surface area contributed by atoms with E-state index in [-0.39, 0.29) is 5.82 Å². The van der Waals surface area contributed by atoms with Gasteiger partial charge in [0.15, 0.2) is 0 Å². The molecular formula is C10H11BrN4O2S. The molecule has 2 rings (SSSR count). The van der Waals surface area contributed by atoms with Crippen LogP contribution in [0.5, 0.6) is 0 Å². The molecule has 0 unspecified atom stereocenters. The Bertz CT molecular complexity index is 688. The molecule has 96 valence electrons. The summed E-state index contributed by atoms with van der Waals surface area (Å²) in [5.74, 6) is 0.170. The number of nitrogens with zero attached hydrogens (tertiary/aromatic N) is 3. The Hall–Kier alpha value is -1.41. The second-order valence-electron chi connectivity index (χ2n) is 3.70. The largest absolute Gasteiger partial charge is 0.359 e. The first-order valence-corrected chi connectivity index (χ1v) is 6.77. The highest BCUT2D eigenvalue weighted by atomic mass is 79.9. The van der Waals surface area contributed by atoms with Crippen LogP contribution in [-0.2, 0) is 20.6 Å². The molecule has 2 heterocycles. The average molecular weight is 331 g/mol. The summed E-state index contributed by atoms with van der Waals surface area (Å²) in [6.45, 7) is 0.497. The van der Waals surface area contributed by atoms with E-state index >= 15 is 0 Å². The second-order valence-corrected chi connectivity index (χ2v) is 5.62. The standard InChI is InChI=1S/C10H11BrN4O2S/c1-14-9(16)8(13-15(2)10(14)17)12-4-7-3-6(11)5-18-7/h3,5H,4H2,1-2H3,(H,12,13). The van der Waals surface area contributed by atoms with E-state index < -0.39 is 11.2 Å². The zero-order valence-electron chi connectivity index (χ0n) is 9.81. The molecule has 2 aromatic rings. The number of thiophene rings is 1. The molecular weight excluding hydrogens is 320 g/mol. The minimum Gasteiger partial charge on any atom is -0.359 e. The second kappa shape index (κ2) is 5.07. The van der Waals surface area contributed by atoms with Gasteiger partial charge in [-0.25, -0.2) is 9.48 Å². The van der Waals surface area contributed by atoms with Crippen molar-refractivity contribution in [1.82, 2.24) is 14.3 Å². The van der Waals surface area contributed by atoms with Gasteiger partial charge in [0.2, 0.25) is 5.82 Å². The number of rotatable bonds is 3. The van der Waals surface area contributed by atoms with Crippen molar-refractivity contribution in [2.24, 2.45) is 14.1 Å². The Morgan fingerprint density at radius 2 is 2.17 bits per heavy atom. The molecule has 0 aliphatic rings. The number of anilines is 1. The quantitative estimate of drug-likeness (QED) is 0.908. The Kier molecular flexibility index (Phi) is 3.67. The molecule has 1 N–H and O–H groups in total. The summed E-state index contributed by atoms with van der Waals surface area (Å²) in [7, 11) is 2.94. The molecule has 0 aromatic carbocycles. The third-order valence-corrected chi connectivity index (χ3v) is 4.07. The lowest BCUT2D eigenvalue weighted by Gasteiger charge is -2.06. The molecule has 2 aromatic heterocycles. The van der Waals surface area contributed by atoms with E-state index in [0.29, 0.717) is 6.54 Å². The maximum absolute atomic E-state index is 11.8. The molecule has 0 aliphatic carbocycles. The van der Waals surface area contributed by atoms with Gasteiger partial charge in [-0.2, -0.15) is 0 Å². The van der Waals surface area contributed by atoms with Crippen LogP contribution in [0.1, 0.15) is 4.88 Å². The summed E-state index contributed by atoms with van der Waals surface area (Å²) >= 11 is 4.93. The fourth-order valence-corrected chi connectivity index (χ4v) is 2.82. The fourth-order valence-electron chi connectivity index (χ4n) is 1.43. The van der Waals surface area contributed by atoms with Gasteiger partial charge in [-0.1, -0.05) is 0 Å². The van der Waals surface area contributed by atoms with Crippen LogP contribution in [0.4, 0.5) is 5.82 Å². The third-order valence-electron chi connectivity index (χ3n) is 2.37. The van der Waals surface area contributed by atoms with Gasteiger partial charge >= 0.3 is 5.69 Å². The molecule has 0 saturated carbocycles. The van der Waals surface area contributed by atoms with Crippen LogP contribution in [0.3, 0.4) is 0 Å². The molecule has 0 amide bonds. The highest BCUT2D eigenvalue weighted by molar-refractivity contribution is 9.10. The van der Waals surface area contributed by atoms with Crippen molar-refractivity contribution in [2.75, 3.05) is 5.32 Å². The highest BCUT2D eigenvalue weighted by Crippen LogP contribution is 2.19. The van der Waals surface area contributed by atoms with Gasteiger partial charge in [-0.05, 0) is 22.0 Å². The average Bonchev–Trinajstić information content (AvgIpc) is 2.75. The zero-order valence-corrected chi connectivity index (χ0v) is 12.2. The van der Waals surface area contributed by atoms with Crippen LogP contribution < -0.4 is 16.6 Å². The van der Waals surface area contributed by atoms with E-state index in [4.69, 9.17) is 0 Å². The van der Waals surface area contributed by atoms with Crippen LogP contribution >= 0.6 is 27.3 Å². The van der Waals surface area contributed by atoms with Gasteiger partial charge in [0.25, 0.3) is 5.56 Å². The summed E-state index contributed by atoms with van der Waals surface area (Å²) < 4.78 is 3.17. The first-order valence-electron chi connectivity index (χ1n) is 5.10. The van der Waals surface area contributed by atoms with Crippen LogP contribution in [0.15, 0.2) is 25.5 Å². The summed E-state index contributed by atoms with van der Waals surface area (Å²) in [5, 5.41) is 8.81. The van der Waals surface area contributed by atoms with E-state index in [0.717, 1.165) is 18.6 Å². The van der Waals surface area contributed by atoms with Crippen molar-refractivity contribution in [3.05, 3.63) is 41.6 Å². The molecule has 6 nitrogen and oxygen atoms in total. The summed E-state index contributed by atoms with van der Waals surface area (Å²) in [6, 6.07) is 1.96. The van der Waals surface area contributed by atoms with Crippen molar-refractivity contribution in [1.29, 1.82) is 0 Å². The summed E-state index contributed by atoms with van der Waals surface area (Å²) in [4.78, 5) is 24.3. The lowest BCUT2D eigenvalue weighted by molar-refractivity contribution is 0.604. The van der Waals surface area contributed by atoms with Crippen molar-refractivity contribution in [3.63, 3.8) is 0 Å². The molecule has 8 heteroatoms. The maximum atomic E-state index is 11.8. The van der Waals surface area contributed by atoms with Gasteiger partial charge < -0.3 is 5.32 Å². The van der Waals surface area contributed by atoms with E-state index in [1.807, 2.05) is 11.4 Å². The minimum absolute atomic E-state index is 0.170. The molecule has 0 spiro atoms. The minimum atomic E-state index is -0.440. The molecule has 0 saturated heterocycles. The number of hydrogen-bond donors (Lipinski definition) is 1. The van der Waals surface area contributed by atoms with E-state index in [2.05, 4.69) is 26.3 Å². The fraction of sp³-hybridized carbons (Fsp3) is 0.300. The SMILES string of the molecule is Cn1nc(NCc2cc(Br)cs2)c(=O)n(C)c1=O. The van der Waals surface area contributed by atoms with Crippen molar-refractivity contribution >= 4 is 33.1 Å². The first-order chi connectivity index (χ1) is 8.49. The maximum Gasteiger partial charge on any atom is 0.346 e. The van der Waals surface area contributed by atoms with Crippen LogP contribution in [-0.4, -0.2) is 14.3 Å². The van der Waals surface area contributed by atoms with Crippen molar-refractivity contribution in [2.45, 2.75) is 6.54 Å². The number of nitrogens with one attached hydrogen (secondary N) is 1. The highest BCUT2D eigenvalue weighted by Gasteiger charge is 2.08. The topological polar surface area (TPSA) is 68.9 Å². The number of aromatic nitrogens is 3. The Balaban J connectivity index is 2.25. The lowest BCUT2D eigenvalue weighted by atomic mass is 10.4. The number of halogens is 1. The zero-order chi connectivity index (χ0) is 13.3. The van der Waals surface area contributed by atoms with Gasteiger partial charge in [0.1, 0.15) is 0 Å². The summed E-state index contributed by atoms with van der Waals surface area (Å²) in [5.41, 5.74) is -0.863. The van der Waals surface area contributed by atoms with Crippen LogP contribution in [0.25, 0.3) is 0 Å². The molecule has 0 fully saturated rings. The Morgan fingerprint density at radius 1 is 1.44 bits per heavy atom. The Labute approximate surface area is 115 Å². The van der Waals surface area contributed by atoms with Gasteiger partial charge in [-0.3, -0.25) is 9.36 Å². The smallest absolute Gasteiger partial charge is 0.346 e. The summed E-state index contributed by atoms with van der Waals surface area (Å²) in [6.07, 6.45) is 0. The van der Waals surface area contributed by atoms with Gasteiger partial charge in [-0.15, -0.1) is 16.4 Å². The molecule has 18 heavy (non-hydrogen) atoms. The molecule has 0 radical (unpaired) electrons. The van der Waals surface area contributed by atoms with E-state index in [1.165, 1.54) is 14.1 Å². The van der Waals surface area contributed by atoms with Crippen molar-refractivity contribution in [3.8, 4) is 0 Å². The monoisotopic (exact) mass is 330 g/mol. The Morgan fingerprint density at radius 3 is 2.78 bits per heavy atom. The number of hydrogen-bond acceptors (Lipinski definition) is 5. The normalized spacial score (nSPS) is 10.6. The van der Waals surface area contributed by atoms with Gasteiger partial charge in [0, 0.05) is 28.8 Å². The molecule has 0 atom stereocenters. The number of aryl methyl sites for hydroxylation is 1. The van der Waals surface area contributed by atoms with Crippen molar-refractivity contribution < 1.29 is 0 Å². The van der Waals surface area contributed by atoms with Crippen LogP contribution in [0.2, 0.25) is 0 Å². The predicted octanol–water partition coefficient (Wildman–Crippen LogP) is 0.915. The molecule has 0 bridgehead atoms. The lowest BCUT2D eigenvalue weighted by Crippen LogP contribution is -2.39. The molecule has 0 aliphatic heterocycles. The van der Waals surface area contributed by atoms with E-state index in [9.17, 15) is 9.59 Å². The van der Waals surface area contributed by atoms with Gasteiger partial charge in [0.05, 0.1) is 6.54 Å². The van der Waals surface area contributed by atoms with Crippen LogP contribution in [0, 0.1) is 0 Å². The predicted molar refractivity (Wildman–Crippen MR) is 74.1 cm³/mol.